The number of aromatic nitrogens is 3. The van der Waals surface area contributed by atoms with E-state index in [2.05, 4.69) is 39.5 Å². The molecular formula is C19H24N4O2. The van der Waals surface area contributed by atoms with Gasteiger partial charge >= 0.3 is 0 Å². The van der Waals surface area contributed by atoms with Gasteiger partial charge in [-0.05, 0) is 30.9 Å². The van der Waals surface area contributed by atoms with Crippen LogP contribution < -0.4 is 5.32 Å². The van der Waals surface area contributed by atoms with E-state index in [1.54, 1.807) is 0 Å². The summed E-state index contributed by atoms with van der Waals surface area (Å²) < 4.78 is 5.17. The molecule has 132 valence electrons. The molecule has 0 bridgehead atoms. The molecule has 0 saturated heterocycles. The lowest BCUT2D eigenvalue weighted by Gasteiger charge is -2.04. The van der Waals surface area contributed by atoms with E-state index in [1.165, 1.54) is 10.9 Å². The van der Waals surface area contributed by atoms with Crippen LogP contribution in [0.1, 0.15) is 43.5 Å². The van der Waals surface area contributed by atoms with Crippen LogP contribution in [0.3, 0.4) is 0 Å². The average molecular weight is 340 g/mol. The SMILES string of the molecule is CCCc1noc(CCCC(=O)NCCc2c[nH]c3ccccc23)n1. The van der Waals surface area contributed by atoms with Gasteiger partial charge in [0.2, 0.25) is 11.8 Å². The maximum Gasteiger partial charge on any atom is 0.226 e. The number of nitrogens with one attached hydrogen (secondary N) is 2. The number of nitrogens with zero attached hydrogens (tertiary/aromatic N) is 2. The molecule has 0 radical (unpaired) electrons. The molecule has 0 aliphatic heterocycles. The highest BCUT2D eigenvalue weighted by molar-refractivity contribution is 5.83. The number of hydrogen-bond acceptors (Lipinski definition) is 4. The molecule has 1 aromatic carbocycles. The van der Waals surface area contributed by atoms with Crippen LogP contribution in [0.5, 0.6) is 0 Å². The van der Waals surface area contributed by atoms with Crippen molar-refractivity contribution in [3.8, 4) is 0 Å². The van der Waals surface area contributed by atoms with Gasteiger partial charge in [-0.25, -0.2) is 0 Å². The number of carbonyl (C=O) groups is 1. The summed E-state index contributed by atoms with van der Waals surface area (Å²) in [6.07, 6.45) is 6.49. The Morgan fingerprint density at radius 2 is 2.12 bits per heavy atom. The van der Waals surface area contributed by atoms with Gasteiger partial charge in [-0.15, -0.1) is 0 Å². The Bertz CT molecular complexity index is 822. The lowest BCUT2D eigenvalue weighted by molar-refractivity contribution is -0.121. The van der Waals surface area contributed by atoms with Gasteiger partial charge in [0.05, 0.1) is 0 Å². The first-order valence-corrected chi connectivity index (χ1v) is 8.89. The Balaban J connectivity index is 1.36. The van der Waals surface area contributed by atoms with E-state index < -0.39 is 0 Å². The van der Waals surface area contributed by atoms with Crippen molar-refractivity contribution in [2.45, 2.75) is 45.4 Å². The van der Waals surface area contributed by atoms with Crippen LogP contribution in [0.4, 0.5) is 0 Å². The number of H-pyrrole nitrogens is 1. The number of fused-ring (bicyclic) bond motifs is 1. The van der Waals surface area contributed by atoms with Gasteiger partial charge < -0.3 is 14.8 Å². The van der Waals surface area contributed by atoms with Crippen molar-refractivity contribution < 1.29 is 9.32 Å². The van der Waals surface area contributed by atoms with E-state index in [-0.39, 0.29) is 5.91 Å². The summed E-state index contributed by atoms with van der Waals surface area (Å²) >= 11 is 0. The summed E-state index contributed by atoms with van der Waals surface area (Å²) in [5.41, 5.74) is 2.36. The van der Waals surface area contributed by atoms with Gasteiger partial charge in [0, 0.05) is 42.9 Å². The first kappa shape index (κ1) is 17.2. The second-order valence-corrected chi connectivity index (χ2v) is 6.17. The van der Waals surface area contributed by atoms with Crippen molar-refractivity contribution in [3.63, 3.8) is 0 Å². The van der Waals surface area contributed by atoms with Gasteiger partial charge in [-0.1, -0.05) is 30.3 Å². The van der Waals surface area contributed by atoms with Crippen LogP contribution in [0.2, 0.25) is 0 Å². The fraction of sp³-hybridized carbons (Fsp3) is 0.421. The van der Waals surface area contributed by atoms with Crippen LogP contribution in [0, 0.1) is 0 Å². The largest absolute Gasteiger partial charge is 0.361 e. The van der Waals surface area contributed by atoms with E-state index in [1.807, 2.05) is 18.3 Å². The molecule has 0 spiro atoms. The maximum absolute atomic E-state index is 11.9. The molecule has 1 amide bonds. The molecule has 0 aliphatic carbocycles. The normalized spacial score (nSPS) is 11.1. The number of rotatable bonds is 9. The summed E-state index contributed by atoms with van der Waals surface area (Å²) in [4.78, 5) is 19.5. The highest BCUT2D eigenvalue weighted by atomic mass is 16.5. The lowest BCUT2D eigenvalue weighted by atomic mass is 10.1. The molecule has 6 heteroatoms. The van der Waals surface area contributed by atoms with Crippen molar-refractivity contribution in [2.24, 2.45) is 0 Å². The molecule has 2 aromatic heterocycles. The summed E-state index contributed by atoms with van der Waals surface area (Å²) in [5.74, 6) is 1.43. The molecule has 0 fully saturated rings. The molecule has 0 aliphatic rings. The molecule has 25 heavy (non-hydrogen) atoms. The van der Waals surface area contributed by atoms with Gasteiger partial charge in [0.1, 0.15) is 0 Å². The van der Waals surface area contributed by atoms with Crippen molar-refractivity contribution in [3.05, 3.63) is 47.7 Å². The average Bonchev–Trinajstić information content (AvgIpc) is 3.23. The zero-order chi connectivity index (χ0) is 17.5. The van der Waals surface area contributed by atoms with Crippen LogP contribution >= 0.6 is 0 Å². The standard InChI is InChI=1S/C19H24N4O2/c1-2-6-17-22-19(25-23-17)10-5-9-18(24)20-12-11-14-13-21-16-8-4-3-7-15(14)16/h3-4,7-8,13,21H,2,5-6,9-12H2,1H3,(H,20,24). The van der Waals surface area contributed by atoms with Crippen LogP contribution in [-0.2, 0) is 24.1 Å². The predicted molar refractivity (Wildman–Crippen MR) is 96.2 cm³/mol. The molecule has 2 N–H and O–H groups in total. The Hall–Kier alpha value is -2.63. The van der Waals surface area contributed by atoms with E-state index >= 15 is 0 Å². The lowest BCUT2D eigenvalue weighted by Crippen LogP contribution is -2.25. The Morgan fingerprint density at radius 1 is 1.24 bits per heavy atom. The Morgan fingerprint density at radius 3 is 3.00 bits per heavy atom. The van der Waals surface area contributed by atoms with E-state index in [4.69, 9.17) is 4.52 Å². The summed E-state index contributed by atoms with van der Waals surface area (Å²) in [6.45, 7) is 2.72. The number of benzene rings is 1. The maximum atomic E-state index is 11.9. The number of amides is 1. The minimum Gasteiger partial charge on any atom is -0.361 e. The molecule has 0 atom stereocenters. The second kappa shape index (κ2) is 8.46. The van der Waals surface area contributed by atoms with Crippen LogP contribution in [0.15, 0.2) is 35.0 Å². The van der Waals surface area contributed by atoms with E-state index in [0.29, 0.717) is 31.7 Å². The zero-order valence-corrected chi connectivity index (χ0v) is 14.5. The van der Waals surface area contributed by atoms with Gasteiger partial charge in [-0.2, -0.15) is 4.98 Å². The summed E-state index contributed by atoms with van der Waals surface area (Å²) in [5, 5.41) is 8.11. The molecule has 6 nitrogen and oxygen atoms in total. The first-order chi connectivity index (χ1) is 12.3. The molecule has 3 rings (SSSR count). The first-order valence-electron chi connectivity index (χ1n) is 8.89. The smallest absolute Gasteiger partial charge is 0.226 e. The van der Waals surface area contributed by atoms with Gasteiger partial charge in [0.25, 0.3) is 0 Å². The van der Waals surface area contributed by atoms with Gasteiger partial charge in [-0.3, -0.25) is 4.79 Å². The fourth-order valence-corrected chi connectivity index (χ4v) is 2.88. The fourth-order valence-electron chi connectivity index (χ4n) is 2.88. The van der Waals surface area contributed by atoms with Crippen molar-refractivity contribution >= 4 is 16.8 Å². The number of aryl methyl sites for hydroxylation is 2. The number of carbonyl (C=O) groups excluding carboxylic acids is 1. The summed E-state index contributed by atoms with van der Waals surface area (Å²) in [6, 6.07) is 8.20. The minimum atomic E-state index is 0.0631. The quantitative estimate of drug-likeness (QED) is 0.626. The minimum absolute atomic E-state index is 0.0631. The zero-order valence-electron chi connectivity index (χ0n) is 14.5. The second-order valence-electron chi connectivity index (χ2n) is 6.17. The van der Waals surface area contributed by atoms with Crippen molar-refractivity contribution in [1.29, 1.82) is 0 Å². The Labute approximate surface area is 147 Å². The number of para-hydroxylation sites is 1. The van der Waals surface area contributed by atoms with Gasteiger partial charge in [0.15, 0.2) is 5.82 Å². The summed E-state index contributed by atoms with van der Waals surface area (Å²) in [7, 11) is 0. The topological polar surface area (TPSA) is 83.8 Å². The molecule has 3 aromatic rings. The van der Waals surface area contributed by atoms with E-state index in [9.17, 15) is 4.79 Å². The molecule has 2 heterocycles. The van der Waals surface area contributed by atoms with Crippen LogP contribution in [0.25, 0.3) is 10.9 Å². The highest BCUT2D eigenvalue weighted by Crippen LogP contribution is 2.17. The third-order valence-corrected chi connectivity index (χ3v) is 4.17. The van der Waals surface area contributed by atoms with Crippen LogP contribution in [-0.4, -0.2) is 27.6 Å². The molecular weight excluding hydrogens is 316 g/mol. The highest BCUT2D eigenvalue weighted by Gasteiger charge is 2.08. The third-order valence-electron chi connectivity index (χ3n) is 4.17. The van der Waals surface area contributed by atoms with E-state index in [0.717, 1.165) is 30.6 Å². The third kappa shape index (κ3) is 4.68. The van der Waals surface area contributed by atoms with Crippen molar-refractivity contribution in [2.75, 3.05) is 6.54 Å². The monoisotopic (exact) mass is 340 g/mol. The molecule has 0 unspecified atom stereocenters. The predicted octanol–water partition coefficient (Wildman–Crippen LogP) is 3.19. The number of hydrogen-bond donors (Lipinski definition) is 2. The Kier molecular flexibility index (Phi) is 5.82. The van der Waals surface area contributed by atoms with Crippen molar-refractivity contribution in [1.82, 2.24) is 20.4 Å². The molecule has 0 saturated carbocycles. The number of aromatic amines is 1.